The van der Waals surface area contributed by atoms with Gasteiger partial charge in [-0.15, -0.1) is 0 Å². The van der Waals surface area contributed by atoms with Gasteiger partial charge in [0.05, 0.1) is 17.8 Å². The van der Waals surface area contributed by atoms with E-state index in [4.69, 9.17) is 17.0 Å². The number of morpholine rings is 1. The molecule has 0 aliphatic carbocycles. The lowest BCUT2D eigenvalue weighted by Crippen LogP contribution is -2.44. The largest absolute Gasteiger partial charge is 0.416 e. The molecule has 2 atom stereocenters. The van der Waals surface area contributed by atoms with Crippen LogP contribution in [0.15, 0.2) is 48.5 Å². The van der Waals surface area contributed by atoms with E-state index in [9.17, 15) is 13.2 Å². The van der Waals surface area contributed by atoms with E-state index in [1.54, 1.807) is 6.07 Å². The third-order valence-electron chi connectivity index (χ3n) is 4.83. The van der Waals surface area contributed by atoms with Gasteiger partial charge in [-0.3, -0.25) is 4.90 Å². The fourth-order valence-electron chi connectivity index (χ4n) is 3.57. The first-order chi connectivity index (χ1) is 14.2. The minimum Gasteiger partial charge on any atom is -0.373 e. The normalized spacial score (nSPS) is 20.0. The number of alkyl halides is 3. The number of anilines is 1. The third kappa shape index (κ3) is 6.68. The van der Waals surface area contributed by atoms with Gasteiger partial charge in [-0.05, 0) is 55.4 Å². The number of hydrogen-bond acceptors (Lipinski definition) is 3. The molecule has 1 aliphatic heterocycles. The van der Waals surface area contributed by atoms with E-state index in [1.807, 2.05) is 12.1 Å². The highest BCUT2D eigenvalue weighted by molar-refractivity contribution is 7.80. The van der Waals surface area contributed by atoms with Crippen LogP contribution in [0.25, 0.3) is 0 Å². The second-order valence-corrected chi connectivity index (χ2v) is 8.06. The van der Waals surface area contributed by atoms with Crippen LogP contribution in [0, 0.1) is 0 Å². The summed E-state index contributed by atoms with van der Waals surface area (Å²) in [6.07, 6.45) is -3.91. The predicted octanol–water partition coefficient (Wildman–Crippen LogP) is 4.80. The van der Waals surface area contributed by atoms with Crippen LogP contribution in [0.2, 0.25) is 0 Å². The van der Waals surface area contributed by atoms with Gasteiger partial charge in [0.15, 0.2) is 5.11 Å². The van der Waals surface area contributed by atoms with Crippen molar-refractivity contribution in [3.8, 4) is 0 Å². The molecule has 1 aliphatic rings. The molecule has 3 rings (SSSR count). The smallest absolute Gasteiger partial charge is 0.373 e. The molecule has 162 valence electrons. The van der Waals surface area contributed by atoms with Crippen LogP contribution in [-0.4, -0.2) is 35.3 Å². The molecule has 2 N–H and O–H groups in total. The molecular formula is C22H26F3N3OS. The summed E-state index contributed by atoms with van der Waals surface area (Å²) in [6.45, 7) is 7.38. The highest BCUT2D eigenvalue weighted by atomic mass is 32.1. The van der Waals surface area contributed by atoms with E-state index < -0.39 is 11.7 Å². The Morgan fingerprint density at radius 3 is 2.33 bits per heavy atom. The molecule has 0 bridgehead atoms. The van der Waals surface area contributed by atoms with E-state index in [1.165, 1.54) is 11.6 Å². The Morgan fingerprint density at radius 1 is 1.07 bits per heavy atom. The highest BCUT2D eigenvalue weighted by Crippen LogP contribution is 2.30. The molecule has 2 aromatic carbocycles. The fourth-order valence-corrected chi connectivity index (χ4v) is 3.76. The molecule has 30 heavy (non-hydrogen) atoms. The molecule has 4 nitrogen and oxygen atoms in total. The monoisotopic (exact) mass is 437 g/mol. The van der Waals surface area contributed by atoms with E-state index >= 15 is 0 Å². The molecule has 2 unspecified atom stereocenters. The van der Waals surface area contributed by atoms with Crippen molar-refractivity contribution in [3.63, 3.8) is 0 Å². The maximum absolute atomic E-state index is 12.8. The van der Waals surface area contributed by atoms with Crippen LogP contribution in [0.3, 0.4) is 0 Å². The lowest BCUT2D eigenvalue weighted by molar-refractivity contribution is -0.137. The van der Waals surface area contributed by atoms with Gasteiger partial charge in [0.2, 0.25) is 0 Å². The summed E-state index contributed by atoms with van der Waals surface area (Å²) in [6, 6.07) is 13.2. The van der Waals surface area contributed by atoms with Crippen molar-refractivity contribution in [2.45, 2.75) is 45.3 Å². The number of halogens is 3. The van der Waals surface area contributed by atoms with Crippen molar-refractivity contribution < 1.29 is 17.9 Å². The second-order valence-electron chi connectivity index (χ2n) is 7.65. The van der Waals surface area contributed by atoms with Crippen LogP contribution >= 0.6 is 12.2 Å². The number of nitrogens with zero attached hydrogens (tertiary/aromatic N) is 1. The number of thiocarbonyl (C=S) groups is 1. The summed E-state index contributed by atoms with van der Waals surface area (Å²) in [7, 11) is 0. The molecule has 1 fully saturated rings. The van der Waals surface area contributed by atoms with E-state index in [-0.39, 0.29) is 17.3 Å². The zero-order chi connectivity index (χ0) is 21.7. The summed E-state index contributed by atoms with van der Waals surface area (Å²) >= 11 is 5.21. The number of benzene rings is 2. The Kier molecular flexibility index (Phi) is 7.33. The average molecular weight is 438 g/mol. The van der Waals surface area contributed by atoms with Crippen LogP contribution in [0.5, 0.6) is 0 Å². The maximum Gasteiger partial charge on any atom is 0.416 e. The Labute approximate surface area is 180 Å². The summed E-state index contributed by atoms with van der Waals surface area (Å²) in [5, 5.41) is 6.10. The zero-order valence-corrected chi connectivity index (χ0v) is 17.8. The standard InChI is InChI=1S/C22H26F3N3OS/c1-15-12-28(13-16(2)29-15)14-18-8-6-17(7-9-18)11-26-21(30)27-20-5-3-4-19(10-20)22(23,24)25/h3-10,15-16H,11-14H2,1-2H3,(H2,26,27,30). The predicted molar refractivity (Wildman–Crippen MR) is 116 cm³/mol. The Bertz CT molecular complexity index is 847. The molecule has 1 saturated heterocycles. The van der Waals surface area contributed by atoms with E-state index in [0.29, 0.717) is 12.2 Å². The van der Waals surface area contributed by atoms with Gasteiger partial charge < -0.3 is 15.4 Å². The number of rotatable bonds is 5. The maximum atomic E-state index is 12.8. The van der Waals surface area contributed by atoms with E-state index in [2.05, 4.69) is 41.5 Å². The molecular weight excluding hydrogens is 411 g/mol. The first-order valence-electron chi connectivity index (χ1n) is 9.87. The van der Waals surface area contributed by atoms with Crippen molar-refractivity contribution >= 4 is 23.0 Å². The first kappa shape index (κ1) is 22.5. The van der Waals surface area contributed by atoms with E-state index in [0.717, 1.165) is 37.3 Å². The van der Waals surface area contributed by atoms with Gasteiger partial charge in [0.25, 0.3) is 0 Å². The van der Waals surface area contributed by atoms with Crippen molar-refractivity contribution in [2.24, 2.45) is 0 Å². The minimum absolute atomic E-state index is 0.238. The molecule has 0 spiro atoms. The van der Waals surface area contributed by atoms with Crippen molar-refractivity contribution in [3.05, 3.63) is 65.2 Å². The summed E-state index contributed by atoms with van der Waals surface area (Å²) in [5.41, 5.74) is 1.85. The van der Waals surface area contributed by atoms with Crippen molar-refractivity contribution in [1.29, 1.82) is 0 Å². The van der Waals surface area contributed by atoms with Gasteiger partial charge in [-0.25, -0.2) is 0 Å². The lowest BCUT2D eigenvalue weighted by Gasteiger charge is -2.35. The van der Waals surface area contributed by atoms with Crippen molar-refractivity contribution in [2.75, 3.05) is 18.4 Å². The fraction of sp³-hybridized carbons (Fsp3) is 0.409. The Balaban J connectivity index is 1.48. The summed E-state index contributed by atoms with van der Waals surface area (Å²) < 4.78 is 44.2. The first-order valence-corrected chi connectivity index (χ1v) is 10.3. The van der Waals surface area contributed by atoms with Crippen LogP contribution < -0.4 is 10.6 Å². The van der Waals surface area contributed by atoms with Gasteiger partial charge in [0.1, 0.15) is 0 Å². The quantitative estimate of drug-likeness (QED) is 0.657. The van der Waals surface area contributed by atoms with Crippen molar-refractivity contribution in [1.82, 2.24) is 10.2 Å². The highest BCUT2D eigenvalue weighted by Gasteiger charge is 2.30. The minimum atomic E-state index is -4.38. The Morgan fingerprint density at radius 2 is 1.70 bits per heavy atom. The topological polar surface area (TPSA) is 36.5 Å². The molecule has 0 aromatic heterocycles. The number of nitrogens with one attached hydrogen (secondary N) is 2. The number of hydrogen-bond donors (Lipinski definition) is 2. The molecule has 2 aromatic rings. The lowest BCUT2D eigenvalue weighted by atomic mass is 10.1. The van der Waals surface area contributed by atoms with Crippen LogP contribution in [0.4, 0.5) is 18.9 Å². The zero-order valence-electron chi connectivity index (χ0n) is 17.0. The van der Waals surface area contributed by atoms with Gasteiger partial charge >= 0.3 is 6.18 Å². The average Bonchev–Trinajstić information content (AvgIpc) is 2.66. The van der Waals surface area contributed by atoms with Gasteiger partial charge in [0, 0.05) is 31.9 Å². The number of ether oxygens (including phenoxy) is 1. The van der Waals surface area contributed by atoms with Gasteiger partial charge in [-0.2, -0.15) is 13.2 Å². The molecule has 0 amide bonds. The second kappa shape index (κ2) is 9.76. The molecule has 1 heterocycles. The van der Waals surface area contributed by atoms with Crippen LogP contribution in [0.1, 0.15) is 30.5 Å². The molecule has 8 heteroatoms. The molecule has 0 radical (unpaired) electrons. The SMILES string of the molecule is CC1CN(Cc2ccc(CNC(=S)Nc3cccc(C(F)(F)F)c3)cc2)CC(C)O1. The molecule has 0 saturated carbocycles. The summed E-state index contributed by atoms with van der Waals surface area (Å²) in [4.78, 5) is 2.39. The summed E-state index contributed by atoms with van der Waals surface area (Å²) in [5.74, 6) is 0. The third-order valence-corrected chi connectivity index (χ3v) is 5.07. The Hall–Kier alpha value is -2.16. The van der Waals surface area contributed by atoms with Gasteiger partial charge in [-0.1, -0.05) is 30.3 Å². The van der Waals surface area contributed by atoms with Crippen LogP contribution in [-0.2, 0) is 24.0 Å².